The van der Waals surface area contributed by atoms with Gasteiger partial charge in [0.05, 0.1) is 6.10 Å². The topological polar surface area (TPSA) is 35.2 Å². The highest BCUT2D eigenvalue weighted by atomic mass is 19.3. The Morgan fingerprint density at radius 1 is 1.25 bits per heavy atom. The highest BCUT2D eigenvalue weighted by Crippen LogP contribution is 2.32. The molecular weight excluding hydrogens is 212 g/mol. The van der Waals surface area contributed by atoms with Gasteiger partial charge < -0.3 is 10.5 Å². The van der Waals surface area contributed by atoms with Crippen molar-refractivity contribution in [3.8, 4) is 5.75 Å². The van der Waals surface area contributed by atoms with Gasteiger partial charge in [0.1, 0.15) is 5.75 Å². The molecule has 0 heterocycles. The first-order valence-electron chi connectivity index (χ1n) is 5.31. The van der Waals surface area contributed by atoms with Crippen molar-refractivity contribution in [3.63, 3.8) is 0 Å². The van der Waals surface area contributed by atoms with E-state index in [0.29, 0.717) is 5.75 Å². The standard InChI is InChI=1S/C12H17F2NO/c1-9(2)16-11-5-3-10(4-6-11)12(13,14)7-8-15/h3-6,9H,7-8,15H2,1-2H3. The van der Waals surface area contributed by atoms with Crippen LogP contribution in [-0.4, -0.2) is 12.6 Å². The van der Waals surface area contributed by atoms with Crippen molar-refractivity contribution >= 4 is 0 Å². The number of hydrogen-bond donors (Lipinski definition) is 1. The number of hydrogen-bond acceptors (Lipinski definition) is 2. The van der Waals surface area contributed by atoms with E-state index in [1.165, 1.54) is 12.1 Å². The van der Waals surface area contributed by atoms with Crippen LogP contribution in [0.3, 0.4) is 0 Å². The number of ether oxygens (including phenoxy) is 1. The predicted octanol–water partition coefficient (Wildman–Crippen LogP) is 2.91. The summed E-state index contributed by atoms with van der Waals surface area (Å²) in [6, 6.07) is 5.88. The summed E-state index contributed by atoms with van der Waals surface area (Å²) < 4.78 is 32.2. The molecule has 0 amide bonds. The molecule has 0 atom stereocenters. The molecule has 0 aliphatic heterocycles. The Labute approximate surface area is 94.4 Å². The van der Waals surface area contributed by atoms with Crippen LogP contribution in [0.5, 0.6) is 5.75 Å². The first-order valence-corrected chi connectivity index (χ1v) is 5.31. The van der Waals surface area contributed by atoms with E-state index in [1.54, 1.807) is 12.1 Å². The van der Waals surface area contributed by atoms with Crippen molar-refractivity contribution in [3.05, 3.63) is 29.8 Å². The molecule has 0 saturated carbocycles. The first kappa shape index (κ1) is 12.9. The molecule has 16 heavy (non-hydrogen) atoms. The highest BCUT2D eigenvalue weighted by molar-refractivity contribution is 5.29. The van der Waals surface area contributed by atoms with Gasteiger partial charge in [-0.1, -0.05) is 0 Å². The van der Waals surface area contributed by atoms with Crippen molar-refractivity contribution < 1.29 is 13.5 Å². The lowest BCUT2D eigenvalue weighted by molar-refractivity contribution is -0.0107. The summed E-state index contributed by atoms with van der Waals surface area (Å²) in [5, 5.41) is 0. The lowest BCUT2D eigenvalue weighted by Crippen LogP contribution is -2.18. The van der Waals surface area contributed by atoms with E-state index in [0.717, 1.165) is 0 Å². The molecule has 0 radical (unpaired) electrons. The molecule has 0 bridgehead atoms. The predicted molar refractivity (Wildman–Crippen MR) is 59.8 cm³/mol. The van der Waals surface area contributed by atoms with Crippen LogP contribution in [0.25, 0.3) is 0 Å². The van der Waals surface area contributed by atoms with Gasteiger partial charge in [0, 0.05) is 12.0 Å². The van der Waals surface area contributed by atoms with E-state index >= 15 is 0 Å². The number of halogens is 2. The average Bonchev–Trinajstić information content (AvgIpc) is 2.17. The van der Waals surface area contributed by atoms with Gasteiger partial charge in [0.15, 0.2) is 0 Å². The molecule has 1 aromatic carbocycles. The van der Waals surface area contributed by atoms with Crippen molar-refractivity contribution in [2.24, 2.45) is 5.73 Å². The smallest absolute Gasteiger partial charge is 0.274 e. The molecule has 0 unspecified atom stereocenters. The largest absolute Gasteiger partial charge is 0.491 e. The minimum atomic E-state index is -2.86. The summed E-state index contributed by atoms with van der Waals surface area (Å²) in [5.41, 5.74) is 5.12. The van der Waals surface area contributed by atoms with Crippen LogP contribution in [0.15, 0.2) is 24.3 Å². The van der Waals surface area contributed by atoms with Crippen LogP contribution in [0.1, 0.15) is 25.8 Å². The van der Waals surface area contributed by atoms with Gasteiger partial charge in [-0.05, 0) is 44.7 Å². The third kappa shape index (κ3) is 3.45. The van der Waals surface area contributed by atoms with Crippen LogP contribution < -0.4 is 10.5 Å². The molecule has 1 rings (SSSR count). The maximum absolute atomic E-state index is 13.4. The molecular formula is C12H17F2NO. The summed E-state index contributed by atoms with van der Waals surface area (Å²) in [6.45, 7) is 3.74. The summed E-state index contributed by atoms with van der Waals surface area (Å²) in [7, 11) is 0. The number of benzene rings is 1. The van der Waals surface area contributed by atoms with Crippen LogP contribution in [0.4, 0.5) is 8.78 Å². The van der Waals surface area contributed by atoms with Crippen LogP contribution in [-0.2, 0) is 5.92 Å². The molecule has 0 saturated heterocycles. The van der Waals surface area contributed by atoms with Crippen molar-refractivity contribution in [2.75, 3.05) is 6.54 Å². The molecule has 0 aliphatic rings. The second kappa shape index (κ2) is 5.25. The molecule has 2 nitrogen and oxygen atoms in total. The quantitative estimate of drug-likeness (QED) is 0.842. The fourth-order valence-corrected chi connectivity index (χ4v) is 1.38. The minimum Gasteiger partial charge on any atom is -0.491 e. The van der Waals surface area contributed by atoms with E-state index in [1.807, 2.05) is 13.8 Å². The number of alkyl halides is 2. The van der Waals surface area contributed by atoms with E-state index < -0.39 is 5.92 Å². The van der Waals surface area contributed by atoms with Gasteiger partial charge in [0.2, 0.25) is 0 Å². The minimum absolute atomic E-state index is 0.0194. The fourth-order valence-electron chi connectivity index (χ4n) is 1.38. The molecule has 90 valence electrons. The highest BCUT2D eigenvalue weighted by Gasteiger charge is 2.30. The Bertz CT molecular complexity index is 322. The lowest BCUT2D eigenvalue weighted by Gasteiger charge is -2.16. The van der Waals surface area contributed by atoms with Gasteiger partial charge in [-0.2, -0.15) is 0 Å². The molecule has 0 aliphatic carbocycles. The van der Waals surface area contributed by atoms with Crippen LogP contribution in [0.2, 0.25) is 0 Å². The Balaban J connectivity index is 2.78. The Kier molecular flexibility index (Phi) is 4.24. The monoisotopic (exact) mass is 229 g/mol. The molecule has 0 aromatic heterocycles. The summed E-state index contributed by atoms with van der Waals surface area (Å²) >= 11 is 0. The summed E-state index contributed by atoms with van der Waals surface area (Å²) in [5.74, 6) is -2.26. The molecule has 0 fully saturated rings. The zero-order valence-corrected chi connectivity index (χ0v) is 9.54. The molecule has 2 N–H and O–H groups in total. The van der Waals surface area contributed by atoms with Crippen molar-refractivity contribution in [1.29, 1.82) is 0 Å². The van der Waals surface area contributed by atoms with Crippen molar-refractivity contribution in [2.45, 2.75) is 32.3 Å². The Hall–Kier alpha value is -1.16. The Morgan fingerprint density at radius 3 is 2.25 bits per heavy atom. The first-order chi connectivity index (χ1) is 7.45. The summed E-state index contributed by atoms with van der Waals surface area (Å²) in [4.78, 5) is 0. The average molecular weight is 229 g/mol. The SMILES string of the molecule is CC(C)Oc1ccc(C(F)(F)CCN)cc1. The molecule has 0 spiro atoms. The molecule has 4 heteroatoms. The zero-order valence-electron chi connectivity index (χ0n) is 9.54. The maximum atomic E-state index is 13.4. The summed E-state index contributed by atoms with van der Waals surface area (Å²) in [6.07, 6.45) is -0.299. The number of rotatable bonds is 5. The second-order valence-electron chi connectivity index (χ2n) is 3.93. The van der Waals surface area contributed by atoms with Gasteiger partial charge in [0.25, 0.3) is 5.92 Å². The van der Waals surface area contributed by atoms with E-state index in [4.69, 9.17) is 10.5 Å². The third-order valence-electron chi connectivity index (χ3n) is 2.11. The van der Waals surface area contributed by atoms with Gasteiger partial charge in [-0.15, -0.1) is 0 Å². The lowest BCUT2D eigenvalue weighted by atomic mass is 10.1. The normalized spacial score (nSPS) is 11.9. The van der Waals surface area contributed by atoms with Gasteiger partial charge in [-0.3, -0.25) is 0 Å². The van der Waals surface area contributed by atoms with Gasteiger partial charge in [-0.25, -0.2) is 8.78 Å². The third-order valence-corrected chi connectivity index (χ3v) is 2.11. The van der Waals surface area contributed by atoms with Crippen molar-refractivity contribution in [1.82, 2.24) is 0 Å². The van der Waals surface area contributed by atoms with Gasteiger partial charge >= 0.3 is 0 Å². The maximum Gasteiger partial charge on any atom is 0.274 e. The van der Waals surface area contributed by atoms with E-state index in [9.17, 15) is 8.78 Å². The zero-order chi connectivity index (χ0) is 12.2. The van der Waals surface area contributed by atoms with E-state index in [-0.39, 0.29) is 24.6 Å². The second-order valence-corrected chi connectivity index (χ2v) is 3.93. The Morgan fingerprint density at radius 2 is 1.81 bits per heavy atom. The van der Waals surface area contributed by atoms with Crippen LogP contribution >= 0.6 is 0 Å². The number of nitrogens with two attached hydrogens (primary N) is 1. The van der Waals surface area contributed by atoms with E-state index in [2.05, 4.69) is 0 Å². The van der Waals surface area contributed by atoms with Crippen LogP contribution in [0, 0.1) is 0 Å². The molecule has 1 aromatic rings. The fraction of sp³-hybridized carbons (Fsp3) is 0.500.